The molecule has 0 amide bonds. The molecular formula is C8H14O7. The second-order valence-electron chi connectivity index (χ2n) is 3.50. The molecule has 0 aromatic carbocycles. The maximum absolute atomic E-state index is 10.6. The second-order valence-corrected chi connectivity index (χ2v) is 3.50. The van der Waals surface area contributed by atoms with E-state index in [4.69, 9.17) is 5.11 Å². The number of aliphatic hydroxyl groups is 4. The highest BCUT2D eigenvalue weighted by Gasteiger charge is 2.53. The lowest BCUT2D eigenvalue weighted by Crippen LogP contribution is -2.65. The highest BCUT2D eigenvalue weighted by Crippen LogP contribution is 2.30. The summed E-state index contributed by atoms with van der Waals surface area (Å²) in [6, 6.07) is 0. The number of carbonyl (C=O) groups is 1. The van der Waals surface area contributed by atoms with Gasteiger partial charge in [-0.05, 0) is 0 Å². The van der Waals surface area contributed by atoms with E-state index in [2.05, 4.69) is 4.74 Å². The van der Waals surface area contributed by atoms with Gasteiger partial charge in [0, 0.05) is 6.42 Å². The summed E-state index contributed by atoms with van der Waals surface area (Å²) in [6.07, 6.45) is -7.14. The summed E-state index contributed by atoms with van der Waals surface area (Å²) in [6.45, 7) is 1.45. The largest absolute Gasteiger partial charge is 0.479 e. The van der Waals surface area contributed by atoms with E-state index in [0.29, 0.717) is 0 Å². The molecule has 1 fully saturated rings. The fourth-order valence-electron chi connectivity index (χ4n) is 1.48. The minimum Gasteiger partial charge on any atom is -0.479 e. The van der Waals surface area contributed by atoms with E-state index in [-0.39, 0.29) is 6.42 Å². The van der Waals surface area contributed by atoms with Gasteiger partial charge < -0.3 is 30.3 Å². The molecule has 0 aliphatic carbocycles. The van der Waals surface area contributed by atoms with Crippen molar-refractivity contribution in [2.75, 3.05) is 0 Å². The number of aliphatic carboxylic acids is 1. The summed E-state index contributed by atoms with van der Waals surface area (Å²) < 4.78 is 4.68. The third kappa shape index (κ3) is 1.97. The summed E-state index contributed by atoms with van der Waals surface area (Å²) in [5, 5.41) is 46.3. The molecule has 7 nitrogen and oxygen atoms in total. The summed E-state index contributed by atoms with van der Waals surface area (Å²) in [5.74, 6) is -3.66. The van der Waals surface area contributed by atoms with Gasteiger partial charge in [-0.25, -0.2) is 4.79 Å². The second kappa shape index (κ2) is 4.03. The van der Waals surface area contributed by atoms with Gasteiger partial charge in [-0.2, -0.15) is 0 Å². The predicted molar refractivity (Wildman–Crippen MR) is 45.8 cm³/mol. The van der Waals surface area contributed by atoms with Crippen molar-refractivity contribution in [3.63, 3.8) is 0 Å². The van der Waals surface area contributed by atoms with Gasteiger partial charge in [-0.3, -0.25) is 0 Å². The monoisotopic (exact) mass is 222 g/mol. The van der Waals surface area contributed by atoms with Gasteiger partial charge >= 0.3 is 5.97 Å². The van der Waals surface area contributed by atoms with Gasteiger partial charge in [0.25, 0.3) is 0 Å². The van der Waals surface area contributed by atoms with Crippen LogP contribution >= 0.6 is 0 Å². The maximum Gasteiger partial charge on any atom is 0.335 e. The average Bonchev–Trinajstić information content (AvgIpc) is 2.20. The van der Waals surface area contributed by atoms with Crippen LogP contribution in [-0.4, -0.2) is 61.7 Å². The predicted octanol–water partition coefficient (Wildman–Crippen LogP) is -2.35. The van der Waals surface area contributed by atoms with Crippen LogP contribution in [0, 0.1) is 0 Å². The van der Waals surface area contributed by atoms with Gasteiger partial charge in [0.15, 0.2) is 11.9 Å². The lowest BCUT2D eigenvalue weighted by molar-refractivity contribution is -0.342. The van der Waals surface area contributed by atoms with Crippen LogP contribution in [0.15, 0.2) is 0 Å². The van der Waals surface area contributed by atoms with Gasteiger partial charge in [-0.1, -0.05) is 6.92 Å². The fourth-order valence-corrected chi connectivity index (χ4v) is 1.48. The lowest BCUT2D eigenvalue weighted by atomic mass is 9.91. The number of aliphatic hydroxyl groups excluding tert-OH is 3. The molecule has 1 saturated heterocycles. The minimum atomic E-state index is -2.15. The zero-order chi connectivity index (χ0) is 11.8. The van der Waals surface area contributed by atoms with E-state index in [9.17, 15) is 25.2 Å². The van der Waals surface area contributed by atoms with E-state index >= 15 is 0 Å². The van der Waals surface area contributed by atoms with E-state index in [1.54, 1.807) is 0 Å². The van der Waals surface area contributed by atoms with Crippen LogP contribution in [0.4, 0.5) is 0 Å². The van der Waals surface area contributed by atoms with Crippen molar-refractivity contribution in [3.8, 4) is 0 Å². The van der Waals surface area contributed by atoms with Crippen molar-refractivity contribution in [1.82, 2.24) is 0 Å². The van der Waals surface area contributed by atoms with Crippen LogP contribution in [0.1, 0.15) is 13.3 Å². The molecule has 0 aromatic rings. The Morgan fingerprint density at radius 1 is 1.33 bits per heavy atom. The first kappa shape index (κ1) is 12.3. The highest BCUT2D eigenvalue weighted by molar-refractivity contribution is 5.73. The number of rotatable bonds is 2. The average molecular weight is 222 g/mol. The molecule has 15 heavy (non-hydrogen) atoms. The first-order valence-electron chi connectivity index (χ1n) is 4.50. The molecule has 88 valence electrons. The van der Waals surface area contributed by atoms with Crippen molar-refractivity contribution < 1.29 is 35.1 Å². The van der Waals surface area contributed by atoms with Crippen molar-refractivity contribution in [2.45, 2.75) is 43.5 Å². The van der Waals surface area contributed by atoms with Crippen molar-refractivity contribution in [2.24, 2.45) is 0 Å². The summed E-state index contributed by atoms with van der Waals surface area (Å²) >= 11 is 0. The molecule has 5 atom stereocenters. The molecule has 1 aliphatic rings. The van der Waals surface area contributed by atoms with E-state index in [1.165, 1.54) is 6.92 Å². The molecule has 0 aromatic heterocycles. The number of hydrogen-bond acceptors (Lipinski definition) is 6. The normalized spacial score (nSPS) is 46.5. The molecule has 1 aliphatic heterocycles. The molecule has 0 spiro atoms. The van der Waals surface area contributed by atoms with E-state index < -0.39 is 36.2 Å². The number of carboxylic acids is 1. The van der Waals surface area contributed by atoms with Crippen LogP contribution in [0.2, 0.25) is 0 Å². The van der Waals surface area contributed by atoms with Gasteiger partial charge in [0.05, 0.1) is 0 Å². The van der Waals surface area contributed by atoms with Crippen molar-refractivity contribution in [1.29, 1.82) is 0 Å². The molecule has 1 unspecified atom stereocenters. The van der Waals surface area contributed by atoms with Crippen LogP contribution in [-0.2, 0) is 9.53 Å². The van der Waals surface area contributed by atoms with Gasteiger partial charge in [-0.15, -0.1) is 0 Å². The first-order chi connectivity index (χ1) is 6.83. The fraction of sp³-hybridized carbons (Fsp3) is 0.875. The molecular weight excluding hydrogens is 208 g/mol. The third-order valence-corrected chi connectivity index (χ3v) is 2.53. The zero-order valence-electron chi connectivity index (χ0n) is 8.07. The lowest BCUT2D eigenvalue weighted by Gasteiger charge is -2.43. The zero-order valence-corrected chi connectivity index (χ0v) is 8.07. The molecule has 7 heteroatoms. The Labute approximate surface area is 85.5 Å². The quantitative estimate of drug-likeness (QED) is 0.354. The Kier molecular flexibility index (Phi) is 3.31. The molecule has 5 N–H and O–H groups in total. The van der Waals surface area contributed by atoms with Gasteiger partial charge in [0.2, 0.25) is 0 Å². The Bertz CT molecular complexity index is 255. The van der Waals surface area contributed by atoms with Crippen LogP contribution in [0.3, 0.4) is 0 Å². The maximum atomic E-state index is 10.6. The molecule has 1 rings (SSSR count). The minimum absolute atomic E-state index is 0.109. The molecule has 0 bridgehead atoms. The summed E-state index contributed by atoms with van der Waals surface area (Å²) in [4.78, 5) is 10.6. The molecule has 0 saturated carbocycles. The Balaban J connectivity index is 2.95. The molecule has 1 heterocycles. The van der Waals surface area contributed by atoms with E-state index in [1.807, 2.05) is 0 Å². The number of ether oxygens (including phenoxy) is 1. The van der Waals surface area contributed by atoms with Gasteiger partial charge in [0.1, 0.15) is 18.3 Å². The van der Waals surface area contributed by atoms with Crippen molar-refractivity contribution >= 4 is 5.97 Å². The smallest absolute Gasteiger partial charge is 0.335 e. The van der Waals surface area contributed by atoms with Crippen LogP contribution in [0.25, 0.3) is 0 Å². The van der Waals surface area contributed by atoms with Crippen LogP contribution < -0.4 is 0 Å². The topological polar surface area (TPSA) is 127 Å². The highest BCUT2D eigenvalue weighted by atomic mass is 16.7. The first-order valence-corrected chi connectivity index (χ1v) is 4.50. The SMILES string of the molecule is CCC1(O)O[C@H](C(=O)O)[C@@H](O)[C@H](O)[C@H]1O. The number of carboxylic acid groups (broad SMARTS) is 1. The van der Waals surface area contributed by atoms with Crippen LogP contribution in [0.5, 0.6) is 0 Å². The standard InChI is InChI=1S/C8H14O7/c1-2-8(14)6(11)4(10)3(9)5(15-8)7(12)13/h3-6,9-11,14H,2H2,1H3,(H,12,13)/t3-,4-,5-,6+,8?/m0/s1. The molecule has 0 radical (unpaired) electrons. The number of hydrogen-bond donors (Lipinski definition) is 5. The van der Waals surface area contributed by atoms with E-state index in [0.717, 1.165) is 0 Å². The van der Waals surface area contributed by atoms with Crippen molar-refractivity contribution in [3.05, 3.63) is 0 Å². The summed E-state index contributed by atoms with van der Waals surface area (Å²) in [5.41, 5.74) is 0. The summed E-state index contributed by atoms with van der Waals surface area (Å²) in [7, 11) is 0. The Morgan fingerprint density at radius 3 is 2.27 bits per heavy atom. The Hall–Kier alpha value is -0.730. The Morgan fingerprint density at radius 2 is 1.87 bits per heavy atom. The third-order valence-electron chi connectivity index (χ3n) is 2.53.